The minimum absolute atomic E-state index is 0.0534. The molecule has 44 heavy (non-hydrogen) atoms. The van der Waals surface area contributed by atoms with Crippen LogP contribution in [-0.4, -0.2) is 28.8 Å². The Morgan fingerprint density at radius 2 is 1.57 bits per heavy atom. The number of amides is 3. The van der Waals surface area contributed by atoms with E-state index in [1.165, 1.54) is 30.5 Å². The highest BCUT2D eigenvalue weighted by atomic mass is 19.1. The Kier molecular flexibility index (Phi) is 8.91. The van der Waals surface area contributed by atoms with E-state index in [4.69, 9.17) is 9.47 Å². The van der Waals surface area contributed by atoms with Crippen LogP contribution < -0.4 is 20.7 Å². The first-order valence-electron chi connectivity index (χ1n) is 13.6. The van der Waals surface area contributed by atoms with Gasteiger partial charge < -0.3 is 25.4 Å². The molecule has 1 aromatic heterocycles. The molecule has 1 atom stereocenters. The Bertz CT molecular complexity index is 1680. The number of rotatable bonds is 11. The van der Waals surface area contributed by atoms with E-state index in [0.29, 0.717) is 5.69 Å². The van der Waals surface area contributed by atoms with E-state index in [-0.39, 0.29) is 31.0 Å². The van der Waals surface area contributed by atoms with Gasteiger partial charge in [-0.2, -0.15) is 0 Å². The minimum atomic E-state index is -1.46. The second kappa shape index (κ2) is 13.0. The highest BCUT2D eigenvalue weighted by molar-refractivity contribution is 6.17. The summed E-state index contributed by atoms with van der Waals surface area (Å²) in [5.74, 6) is -4.73. The van der Waals surface area contributed by atoms with Gasteiger partial charge in [-0.05, 0) is 55.7 Å². The van der Waals surface area contributed by atoms with E-state index < -0.39 is 58.1 Å². The molecule has 3 N–H and O–H groups in total. The number of benzene rings is 3. The largest absolute Gasteiger partial charge is 0.454 e. The molecule has 12 heteroatoms. The molecule has 1 fully saturated rings. The van der Waals surface area contributed by atoms with Crippen molar-refractivity contribution in [3.63, 3.8) is 0 Å². The Morgan fingerprint density at radius 3 is 2.27 bits per heavy atom. The van der Waals surface area contributed by atoms with E-state index in [1.807, 2.05) is 30.3 Å². The fraction of sp³-hybridized carbons (Fsp3) is 0.188. The summed E-state index contributed by atoms with van der Waals surface area (Å²) in [5, 5.41) is 7.41. The molecule has 1 heterocycles. The lowest BCUT2D eigenvalue weighted by Gasteiger charge is -2.17. The molecular weight excluding hydrogens is 577 g/mol. The van der Waals surface area contributed by atoms with Gasteiger partial charge in [0.2, 0.25) is 11.8 Å². The van der Waals surface area contributed by atoms with E-state index in [9.17, 15) is 27.6 Å². The van der Waals surface area contributed by atoms with Crippen LogP contribution in [0.25, 0.3) is 0 Å². The fourth-order valence-corrected chi connectivity index (χ4v) is 4.18. The van der Waals surface area contributed by atoms with Gasteiger partial charge in [0.1, 0.15) is 28.9 Å². The normalized spacial score (nSPS) is 13.8. The van der Waals surface area contributed by atoms with Crippen molar-refractivity contribution in [2.24, 2.45) is 5.41 Å². The van der Waals surface area contributed by atoms with Crippen molar-refractivity contribution in [3.05, 3.63) is 108 Å². The van der Waals surface area contributed by atoms with Crippen molar-refractivity contribution in [1.29, 1.82) is 0 Å². The first-order valence-corrected chi connectivity index (χ1v) is 13.6. The van der Waals surface area contributed by atoms with E-state index in [2.05, 4.69) is 20.9 Å². The lowest BCUT2D eigenvalue weighted by Crippen LogP contribution is -2.35. The maximum atomic E-state index is 14.9. The summed E-state index contributed by atoms with van der Waals surface area (Å²) in [6, 6.07) is 18.5. The summed E-state index contributed by atoms with van der Waals surface area (Å²) in [5.41, 5.74) is -0.749. The number of carbonyl (C=O) groups is 3. The average Bonchev–Trinajstić information content (AvgIpc) is 3.83. The third kappa shape index (κ3) is 7.21. The van der Waals surface area contributed by atoms with Crippen molar-refractivity contribution < 1.29 is 37.0 Å². The summed E-state index contributed by atoms with van der Waals surface area (Å²) < 4.78 is 54.1. The summed E-state index contributed by atoms with van der Waals surface area (Å²) in [7, 11) is 0. The zero-order valence-electron chi connectivity index (χ0n) is 23.4. The highest BCUT2D eigenvalue weighted by Gasteiger charge is 2.56. The van der Waals surface area contributed by atoms with Crippen molar-refractivity contribution in [3.8, 4) is 11.5 Å². The molecule has 0 bridgehead atoms. The van der Waals surface area contributed by atoms with Crippen LogP contribution in [0.2, 0.25) is 0 Å². The monoisotopic (exact) mass is 604 g/mol. The van der Waals surface area contributed by atoms with Gasteiger partial charge in [0.15, 0.2) is 17.4 Å². The van der Waals surface area contributed by atoms with Crippen molar-refractivity contribution in [2.45, 2.75) is 32.5 Å². The van der Waals surface area contributed by atoms with Crippen LogP contribution in [0.15, 0.2) is 85.1 Å². The molecule has 3 aromatic carbocycles. The SMILES string of the molecule is CC(OCc1ccccc1)C(=O)Nc1cc(Oc2cc(F)c(NC(=O)C3(C(=O)Nc4ccc(F)cc4)CC3)cc2F)ccn1. The summed E-state index contributed by atoms with van der Waals surface area (Å²) >= 11 is 0. The second-order valence-electron chi connectivity index (χ2n) is 10.2. The van der Waals surface area contributed by atoms with Crippen LogP contribution in [0.5, 0.6) is 11.5 Å². The number of halogens is 3. The Balaban J connectivity index is 1.19. The molecule has 1 unspecified atom stereocenters. The van der Waals surface area contributed by atoms with Crippen LogP contribution in [0, 0.1) is 22.9 Å². The maximum Gasteiger partial charge on any atom is 0.254 e. The quantitative estimate of drug-likeness (QED) is 0.176. The molecule has 226 valence electrons. The van der Waals surface area contributed by atoms with Gasteiger partial charge in [-0.15, -0.1) is 0 Å². The lowest BCUT2D eigenvalue weighted by molar-refractivity contribution is -0.131. The third-order valence-electron chi connectivity index (χ3n) is 6.91. The van der Waals surface area contributed by atoms with Crippen LogP contribution in [0.4, 0.5) is 30.4 Å². The molecule has 0 spiro atoms. The van der Waals surface area contributed by atoms with Gasteiger partial charge in [0.25, 0.3) is 5.91 Å². The molecular formula is C32H27F3N4O5. The first-order chi connectivity index (χ1) is 21.1. The Morgan fingerprint density at radius 1 is 0.864 bits per heavy atom. The number of ether oxygens (including phenoxy) is 2. The molecule has 5 rings (SSSR count). The van der Waals surface area contributed by atoms with E-state index in [0.717, 1.165) is 29.8 Å². The number of anilines is 3. The molecule has 0 saturated heterocycles. The summed E-state index contributed by atoms with van der Waals surface area (Å²) in [6.45, 7) is 1.82. The minimum Gasteiger partial charge on any atom is -0.454 e. The van der Waals surface area contributed by atoms with Crippen LogP contribution >= 0.6 is 0 Å². The smallest absolute Gasteiger partial charge is 0.254 e. The van der Waals surface area contributed by atoms with E-state index in [1.54, 1.807) is 6.92 Å². The Labute approximate surface area is 250 Å². The van der Waals surface area contributed by atoms with Crippen molar-refractivity contribution in [2.75, 3.05) is 16.0 Å². The number of hydrogen-bond donors (Lipinski definition) is 3. The highest BCUT2D eigenvalue weighted by Crippen LogP contribution is 2.47. The van der Waals surface area contributed by atoms with Crippen LogP contribution in [-0.2, 0) is 25.7 Å². The zero-order valence-corrected chi connectivity index (χ0v) is 23.4. The third-order valence-corrected chi connectivity index (χ3v) is 6.91. The number of hydrogen-bond acceptors (Lipinski definition) is 6. The molecule has 1 aliphatic carbocycles. The predicted molar refractivity (Wildman–Crippen MR) is 155 cm³/mol. The first kappa shape index (κ1) is 30.2. The molecule has 0 aliphatic heterocycles. The molecule has 1 saturated carbocycles. The lowest BCUT2D eigenvalue weighted by atomic mass is 10.0. The number of pyridine rings is 1. The van der Waals surface area contributed by atoms with Crippen molar-refractivity contribution in [1.82, 2.24) is 4.98 Å². The molecule has 3 amide bonds. The topological polar surface area (TPSA) is 119 Å². The summed E-state index contributed by atoms with van der Waals surface area (Å²) in [6.07, 6.45) is 0.918. The molecule has 0 radical (unpaired) electrons. The number of aromatic nitrogens is 1. The van der Waals surface area contributed by atoms with Crippen LogP contribution in [0.1, 0.15) is 25.3 Å². The standard InChI is InChI=1S/C32H27F3N4O5/c1-19(43-18-20-5-3-2-4-6-20)29(40)39-28-15-23(11-14-36-28)44-27-17-24(34)26(16-25(27)35)38-31(42)32(12-13-32)30(41)37-22-9-7-21(33)8-10-22/h2-11,14-17,19H,12-13,18H2,1H3,(H,37,41)(H,38,42)(H,36,39,40). The Hall–Kier alpha value is -5.23. The van der Waals surface area contributed by atoms with Gasteiger partial charge in [0.05, 0.1) is 12.3 Å². The fourth-order valence-electron chi connectivity index (χ4n) is 4.18. The number of nitrogens with one attached hydrogen (secondary N) is 3. The van der Waals surface area contributed by atoms with Gasteiger partial charge >= 0.3 is 0 Å². The number of nitrogens with zero attached hydrogens (tertiary/aromatic N) is 1. The average molecular weight is 605 g/mol. The van der Waals surface area contributed by atoms with E-state index >= 15 is 0 Å². The van der Waals surface area contributed by atoms with Gasteiger partial charge in [0, 0.05) is 30.1 Å². The van der Waals surface area contributed by atoms with Gasteiger partial charge in [-0.1, -0.05) is 30.3 Å². The molecule has 4 aromatic rings. The van der Waals surface area contributed by atoms with Crippen molar-refractivity contribution >= 4 is 34.9 Å². The summed E-state index contributed by atoms with van der Waals surface area (Å²) in [4.78, 5) is 42.3. The zero-order chi connectivity index (χ0) is 31.3. The second-order valence-corrected chi connectivity index (χ2v) is 10.2. The molecule has 9 nitrogen and oxygen atoms in total. The number of carbonyl (C=O) groups excluding carboxylic acids is 3. The molecule has 1 aliphatic rings. The predicted octanol–water partition coefficient (Wildman–Crippen LogP) is 6.19. The van der Waals surface area contributed by atoms with Crippen LogP contribution in [0.3, 0.4) is 0 Å². The maximum absolute atomic E-state index is 14.9. The van der Waals surface area contributed by atoms with Gasteiger partial charge in [-0.3, -0.25) is 14.4 Å². The van der Waals surface area contributed by atoms with Gasteiger partial charge in [-0.25, -0.2) is 18.2 Å².